The highest BCUT2D eigenvalue weighted by Gasteiger charge is 2.28. The third-order valence-corrected chi connectivity index (χ3v) is 4.56. The van der Waals surface area contributed by atoms with Crippen LogP contribution in [-0.4, -0.2) is 36.0 Å². The summed E-state index contributed by atoms with van der Waals surface area (Å²) in [7, 11) is 0. The first-order chi connectivity index (χ1) is 8.18. The van der Waals surface area contributed by atoms with Crippen LogP contribution in [0.5, 0.6) is 0 Å². The molecule has 0 radical (unpaired) electrons. The lowest BCUT2D eigenvalue weighted by Gasteiger charge is -2.38. The van der Waals surface area contributed by atoms with Crippen molar-refractivity contribution in [1.82, 2.24) is 10.2 Å². The van der Waals surface area contributed by atoms with E-state index < -0.39 is 0 Å². The average molecular weight is 275 g/mol. The Morgan fingerprint density at radius 2 is 2.06 bits per heavy atom. The van der Waals surface area contributed by atoms with E-state index >= 15 is 0 Å². The van der Waals surface area contributed by atoms with Gasteiger partial charge in [0.15, 0.2) is 0 Å². The molecule has 2 aliphatic heterocycles. The second-order valence-corrected chi connectivity index (χ2v) is 5.78. The maximum absolute atomic E-state index is 12.2. The van der Waals surface area contributed by atoms with Gasteiger partial charge in [-0.2, -0.15) is 0 Å². The Morgan fingerprint density at radius 1 is 1.28 bits per heavy atom. The summed E-state index contributed by atoms with van der Waals surface area (Å²) in [5.41, 5.74) is 0. The van der Waals surface area contributed by atoms with Crippen LogP contribution in [0, 0.1) is 5.92 Å². The summed E-state index contributed by atoms with van der Waals surface area (Å²) in [6, 6.07) is 1.03. The number of nitrogens with zero attached hydrogens (tertiary/aromatic N) is 1. The number of halogens is 1. The predicted molar refractivity (Wildman–Crippen MR) is 77.1 cm³/mol. The molecule has 3 nitrogen and oxygen atoms in total. The van der Waals surface area contributed by atoms with Crippen molar-refractivity contribution in [1.29, 1.82) is 0 Å². The Balaban J connectivity index is 0.00000162. The molecule has 106 valence electrons. The van der Waals surface area contributed by atoms with Gasteiger partial charge in [-0.1, -0.05) is 6.92 Å². The second-order valence-electron chi connectivity index (χ2n) is 5.78. The van der Waals surface area contributed by atoms with Crippen LogP contribution in [0.25, 0.3) is 0 Å². The molecular formula is C14H27ClN2O. The summed E-state index contributed by atoms with van der Waals surface area (Å²) in [6.45, 7) is 6.58. The number of nitrogens with one attached hydrogen (secondary N) is 1. The summed E-state index contributed by atoms with van der Waals surface area (Å²) in [6.07, 6.45) is 6.73. The van der Waals surface area contributed by atoms with Gasteiger partial charge in [-0.3, -0.25) is 4.79 Å². The standard InChI is InChI=1S/C14H26N2O.ClH/c1-11-5-4-10-16(12(11)2)14(17)8-7-13-6-3-9-15-13;/h11-13,15H,3-10H2,1-2H3;1H. The van der Waals surface area contributed by atoms with Crippen molar-refractivity contribution in [3.63, 3.8) is 0 Å². The van der Waals surface area contributed by atoms with Crippen LogP contribution in [0.15, 0.2) is 0 Å². The minimum Gasteiger partial charge on any atom is -0.340 e. The molecule has 2 rings (SSSR count). The van der Waals surface area contributed by atoms with E-state index in [0.717, 1.165) is 25.9 Å². The molecule has 0 bridgehead atoms. The SMILES string of the molecule is CC1CCCN(C(=O)CCC2CCCN2)C1C.Cl. The Bertz CT molecular complexity index is 267. The van der Waals surface area contributed by atoms with Gasteiger partial charge in [0.2, 0.25) is 5.91 Å². The quantitative estimate of drug-likeness (QED) is 0.858. The molecule has 0 aromatic rings. The number of hydrogen-bond acceptors (Lipinski definition) is 2. The normalized spacial score (nSPS) is 32.1. The summed E-state index contributed by atoms with van der Waals surface area (Å²) < 4.78 is 0. The van der Waals surface area contributed by atoms with Crippen LogP contribution < -0.4 is 5.32 Å². The van der Waals surface area contributed by atoms with Gasteiger partial charge in [-0.25, -0.2) is 0 Å². The number of carbonyl (C=O) groups is 1. The summed E-state index contributed by atoms with van der Waals surface area (Å²) in [4.78, 5) is 14.3. The first kappa shape index (κ1) is 15.8. The number of piperidine rings is 1. The van der Waals surface area contributed by atoms with Crippen molar-refractivity contribution in [2.45, 2.75) is 64.5 Å². The minimum atomic E-state index is 0. The number of likely N-dealkylation sites (tertiary alicyclic amines) is 1. The molecule has 0 aliphatic carbocycles. The van der Waals surface area contributed by atoms with Crippen LogP contribution in [0.1, 0.15) is 52.4 Å². The van der Waals surface area contributed by atoms with Crippen molar-refractivity contribution in [3.8, 4) is 0 Å². The van der Waals surface area contributed by atoms with Gasteiger partial charge in [-0.15, -0.1) is 12.4 Å². The van der Waals surface area contributed by atoms with Gasteiger partial charge in [0.05, 0.1) is 0 Å². The average Bonchev–Trinajstić information content (AvgIpc) is 2.82. The third-order valence-electron chi connectivity index (χ3n) is 4.56. The van der Waals surface area contributed by atoms with E-state index in [1.165, 1.54) is 25.7 Å². The predicted octanol–water partition coefficient (Wildman–Crippen LogP) is 2.59. The number of rotatable bonds is 3. The molecule has 1 N–H and O–H groups in total. The highest BCUT2D eigenvalue weighted by atomic mass is 35.5. The smallest absolute Gasteiger partial charge is 0.222 e. The molecule has 0 saturated carbocycles. The molecular weight excluding hydrogens is 248 g/mol. The molecule has 18 heavy (non-hydrogen) atoms. The van der Waals surface area contributed by atoms with Crippen LogP contribution >= 0.6 is 12.4 Å². The fourth-order valence-corrected chi connectivity index (χ4v) is 3.13. The third kappa shape index (κ3) is 3.86. The van der Waals surface area contributed by atoms with E-state index in [-0.39, 0.29) is 12.4 Å². The van der Waals surface area contributed by atoms with E-state index in [0.29, 0.717) is 23.9 Å². The molecule has 3 unspecified atom stereocenters. The molecule has 1 amide bonds. The zero-order valence-electron chi connectivity index (χ0n) is 11.7. The zero-order valence-corrected chi connectivity index (χ0v) is 12.5. The van der Waals surface area contributed by atoms with Gasteiger partial charge < -0.3 is 10.2 Å². The van der Waals surface area contributed by atoms with E-state index in [9.17, 15) is 4.79 Å². The number of amides is 1. The van der Waals surface area contributed by atoms with Gasteiger partial charge in [0, 0.05) is 25.0 Å². The van der Waals surface area contributed by atoms with Gasteiger partial charge in [0.1, 0.15) is 0 Å². The van der Waals surface area contributed by atoms with Crippen molar-refractivity contribution in [3.05, 3.63) is 0 Å². The molecule has 2 heterocycles. The van der Waals surface area contributed by atoms with Crippen molar-refractivity contribution in [2.75, 3.05) is 13.1 Å². The molecule has 3 atom stereocenters. The first-order valence-corrected chi connectivity index (χ1v) is 7.21. The Labute approximate surface area is 117 Å². The Hall–Kier alpha value is -0.280. The van der Waals surface area contributed by atoms with Crippen LogP contribution in [0.4, 0.5) is 0 Å². The van der Waals surface area contributed by atoms with E-state index in [1.54, 1.807) is 0 Å². The molecule has 4 heteroatoms. The molecule has 2 fully saturated rings. The van der Waals surface area contributed by atoms with Gasteiger partial charge in [0.25, 0.3) is 0 Å². The fraction of sp³-hybridized carbons (Fsp3) is 0.929. The fourth-order valence-electron chi connectivity index (χ4n) is 3.13. The summed E-state index contributed by atoms with van der Waals surface area (Å²) >= 11 is 0. The zero-order chi connectivity index (χ0) is 12.3. The highest BCUT2D eigenvalue weighted by molar-refractivity contribution is 5.85. The monoisotopic (exact) mass is 274 g/mol. The lowest BCUT2D eigenvalue weighted by Crippen LogP contribution is -2.46. The highest BCUT2D eigenvalue weighted by Crippen LogP contribution is 2.24. The maximum Gasteiger partial charge on any atom is 0.222 e. The molecule has 0 spiro atoms. The van der Waals surface area contributed by atoms with Crippen LogP contribution in [0.3, 0.4) is 0 Å². The van der Waals surface area contributed by atoms with E-state index in [1.807, 2.05) is 0 Å². The topological polar surface area (TPSA) is 32.3 Å². The first-order valence-electron chi connectivity index (χ1n) is 7.21. The lowest BCUT2D eigenvalue weighted by atomic mass is 9.91. The number of carbonyl (C=O) groups excluding carboxylic acids is 1. The molecule has 0 aromatic carbocycles. The van der Waals surface area contributed by atoms with Gasteiger partial charge in [-0.05, 0) is 51.5 Å². The number of hydrogen-bond donors (Lipinski definition) is 1. The largest absolute Gasteiger partial charge is 0.340 e. The van der Waals surface area contributed by atoms with Crippen molar-refractivity contribution < 1.29 is 4.79 Å². The van der Waals surface area contributed by atoms with Crippen molar-refractivity contribution in [2.24, 2.45) is 5.92 Å². The lowest BCUT2D eigenvalue weighted by molar-refractivity contribution is -0.136. The van der Waals surface area contributed by atoms with E-state index in [2.05, 4.69) is 24.1 Å². The van der Waals surface area contributed by atoms with Crippen molar-refractivity contribution >= 4 is 18.3 Å². The maximum atomic E-state index is 12.2. The second kappa shape index (κ2) is 7.34. The van der Waals surface area contributed by atoms with Crippen LogP contribution in [-0.2, 0) is 4.79 Å². The molecule has 2 aliphatic rings. The minimum absolute atomic E-state index is 0. The Morgan fingerprint density at radius 3 is 2.72 bits per heavy atom. The molecule has 2 saturated heterocycles. The van der Waals surface area contributed by atoms with Crippen LogP contribution in [0.2, 0.25) is 0 Å². The Kier molecular flexibility index (Phi) is 6.44. The van der Waals surface area contributed by atoms with E-state index in [4.69, 9.17) is 0 Å². The molecule has 0 aromatic heterocycles. The summed E-state index contributed by atoms with van der Waals surface area (Å²) in [5.74, 6) is 1.04. The van der Waals surface area contributed by atoms with Gasteiger partial charge >= 0.3 is 0 Å². The summed E-state index contributed by atoms with van der Waals surface area (Å²) in [5, 5.41) is 3.46.